The number of hydrogen-bond donors (Lipinski definition) is 2. The maximum absolute atomic E-state index is 12.6. The van der Waals surface area contributed by atoms with Gasteiger partial charge in [0.15, 0.2) is 0 Å². The third kappa shape index (κ3) is 6.61. The second kappa shape index (κ2) is 8.60. The molecule has 0 heterocycles. The van der Waals surface area contributed by atoms with Crippen molar-refractivity contribution in [2.24, 2.45) is 11.1 Å². The molecular weight excluding hydrogens is 404 g/mol. The molecule has 134 valence electrons. The van der Waals surface area contributed by atoms with E-state index in [0.717, 1.165) is 10.0 Å². The van der Waals surface area contributed by atoms with E-state index in [4.69, 9.17) is 5.14 Å². The number of hydrogen-bond acceptors (Lipinski definition) is 3. The molecule has 1 atom stereocenters. The summed E-state index contributed by atoms with van der Waals surface area (Å²) in [4.78, 5) is 12.6. The smallest absolute Gasteiger partial charge is 0.227 e. The standard InChI is InChI=1S/C18H21BrN2O3S/c1-2-15(9-13-5-3-7-16(19)10-13)18(22)21-17-8-4-6-14(11-17)12-25(20,23)24/h3-8,10-11,15H,2,9,12H2,1H3,(H,21,22)(H2,20,23,24). The van der Waals surface area contributed by atoms with Crippen LogP contribution < -0.4 is 10.5 Å². The zero-order chi connectivity index (χ0) is 18.4. The molecule has 0 aliphatic heterocycles. The number of primary sulfonamides is 1. The molecule has 1 amide bonds. The van der Waals surface area contributed by atoms with Crippen LogP contribution in [0.1, 0.15) is 24.5 Å². The second-order valence-electron chi connectivity index (χ2n) is 5.94. The molecule has 0 radical (unpaired) electrons. The van der Waals surface area contributed by atoms with Crippen molar-refractivity contribution in [3.05, 3.63) is 64.1 Å². The van der Waals surface area contributed by atoms with Gasteiger partial charge in [-0.25, -0.2) is 13.6 Å². The van der Waals surface area contributed by atoms with Crippen molar-refractivity contribution in [2.45, 2.75) is 25.5 Å². The maximum Gasteiger partial charge on any atom is 0.227 e. The summed E-state index contributed by atoms with van der Waals surface area (Å²) in [5, 5.41) is 7.94. The summed E-state index contributed by atoms with van der Waals surface area (Å²) in [7, 11) is -3.61. The van der Waals surface area contributed by atoms with E-state index in [1.54, 1.807) is 24.3 Å². The third-order valence-electron chi connectivity index (χ3n) is 3.80. The van der Waals surface area contributed by atoms with Crippen LogP contribution in [0.15, 0.2) is 53.0 Å². The molecule has 0 spiro atoms. The number of anilines is 1. The summed E-state index contributed by atoms with van der Waals surface area (Å²) < 4.78 is 23.4. The lowest BCUT2D eigenvalue weighted by molar-refractivity contribution is -0.119. The van der Waals surface area contributed by atoms with Crippen molar-refractivity contribution >= 4 is 37.5 Å². The molecule has 0 aromatic heterocycles. The van der Waals surface area contributed by atoms with Crippen LogP contribution in [-0.2, 0) is 27.0 Å². The van der Waals surface area contributed by atoms with Crippen molar-refractivity contribution in [1.82, 2.24) is 0 Å². The van der Waals surface area contributed by atoms with Crippen LogP contribution >= 0.6 is 15.9 Å². The van der Waals surface area contributed by atoms with Gasteiger partial charge in [-0.1, -0.05) is 47.1 Å². The maximum atomic E-state index is 12.6. The molecule has 0 saturated carbocycles. The number of benzene rings is 2. The Morgan fingerprint density at radius 3 is 2.48 bits per heavy atom. The highest BCUT2D eigenvalue weighted by molar-refractivity contribution is 9.10. The lowest BCUT2D eigenvalue weighted by Gasteiger charge is -2.16. The summed E-state index contributed by atoms with van der Waals surface area (Å²) in [6.45, 7) is 1.97. The van der Waals surface area contributed by atoms with E-state index in [-0.39, 0.29) is 17.6 Å². The zero-order valence-corrected chi connectivity index (χ0v) is 16.3. The normalized spacial score (nSPS) is 12.6. The molecule has 0 aliphatic carbocycles. The first-order valence-corrected chi connectivity index (χ1v) is 10.4. The molecule has 0 saturated heterocycles. The highest BCUT2D eigenvalue weighted by Crippen LogP contribution is 2.19. The van der Waals surface area contributed by atoms with Gasteiger partial charge < -0.3 is 5.32 Å². The van der Waals surface area contributed by atoms with Crippen LogP contribution in [0, 0.1) is 5.92 Å². The van der Waals surface area contributed by atoms with E-state index in [1.165, 1.54) is 0 Å². The number of halogens is 1. The van der Waals surface area contributed by atoms with E-state index in [1.807, 2.05) is 31.2 Å². The Hall–Kier alpha value is -1.70. The van der Waals surface area contributed by atoms with Gasteiger partial charge >= 0.3 is 0 Å². The lowest BCUT2D eigenvalue weighted by atomic mass is 9.96. The van der Waals surface area contributed by atoms with Gasteiger partial charge in [0.05, 0.1) is 5.75 Å². The monoisotopic (exact) mass is 424 g/mol. The molecule has 3 N–H and O–H groups in total. The Labute approximate surface area is 156 Å². The summed E-state index contributed by atoms with van der Waals surface area (Å²) in [6.07, 6.45) is 1.34. The Morgan fingerprint density at radius 1 is 1.16 bits per heavy atom. The van der Waals surface area contributed by atoms with E-state index in [2.05, 4.69) is 21.2 Å². The predicted molar refractivity (Wildman–Crippen MR) is 104 cm³/mol. The van der Waals surface area contributed by atoms with E-state index >= 15 is 0 Å². The topological polar surface area (TPSA) is 89.3 Å². The Balaban J connectivity index is 2.07. The first kappa shape index (κ1) is 19.6. The van der Waals surface area contributed by atoms with Crippen molar-refractivity contribution in [3.63, 3.8) is 0 Å². The molecule has 2 rings (SSSR count). The fourth-order valence-electron chi connectivity index (χ4n) is 2.59. The minimum Gasteiger partial charge on any atom is -0.326 e. The van der Waals surface area contributed by atoms with Gasteiger partial charge in [-0.15, -0.1) is 0 Å². The largest absolute Gasteiger partial charge is 0.326 e. The summed E-state index contributed by atoms with van der Waals surface area (Å²) >= 11 is 3.44. The molecule has 25 heavy (non-hydrogen) atoms. The third-order valence-corrected chi connectivity index (χ3v) is 5.03. The minimum absolute atomic E-state index is 0.0877. The fraction of sp³-hybridized carbons (Fsp3) is 0.278. The molecule has 0 bridgehead atoms. The van der Waals surface area contributed by atoms with Gasteiger partial charge in [0.1, 0.15) is 0 Å². The van der Waals surface area contributed by atoms with Gasteiger partial charge in [-0.2, -0.15) is 0 Å². The number of rotatable bonds is 7. The summed E-state index contributed by atoms with van der Waals surface area (Å²) in [6, 6.07) is 14.6. The molecule has 2 aromatic rings. The first-order chi connectivity index (χ1) is 11.8. The molecule has 2 aromatic carbocycles. The molecule has 0 aliphatic rings. The average molecular weight is 425 g/mol. The minimum atomic E-state index is -3.61. The van der Waals surface area contributed by atoms with Crippen LogP contribution in [0.2, 0.25) is 0 Å². The quantitative estimate of drug-likeness (QED) is 0.712. The Morgan fingerprint density at radius 2 is 1.84 bits per heavy atom. The van der Waals surface area contributed by atoms with Crippen molar-refractivity contribution < 1.29 is 13.2 Å². The highest BCUT2D eigenvalue weighted by atomic mass is 79.9. The second-order valence-corrected chi connectivity index (χ2v) is 8.47. The molecular formula is C18H21BrN2O3S. The number of nitrogens with two attached hydrogens (primary N) is 1. The van der Waals surface area contributed by atoms with E-state index in [0.29, 0.717) is 24.1 Å². The summed E-state index contributed by atoms with van der Waals surface area (Å²) in [5.74, 6) is -0.516. The Kier molecular flexibility index (Phi) is 6.75. The van der Waals surface area contributed by atoms with Crippen LogP contribution in [0.4, 0.5) is 5.69 Å². The number of amides is 1. The number of sulfonamides is 1. The van der Waals surface area contributed by atoms with Crippen LogP contribution in [0.25, 0.3) is 0 Å². The SMILES string of the molecule is CCC(Cc1cccc(Br)c1)C(=O)Nc1cccc(CS(N)(=O)=O)c1. The van der Waals surface area contributed by atoms with Crippen LogP contribution in [-0.4, -0.2) is 14.3 Å². The number of carbonyl (C=O) groups is 1. The average Bonchev–Trinajstić information content (AvgIpc) is 2.51. The van der Waals surface area contributed by atoms with Crippen molar-refractivity contribution in [2.75, 3.05) is 5.32 Å². The van der Waals surface area contributed by atoms with Crippen LogP contribution in [0.3, 0.4) is 0 Å². The number of carbonyl (C=O) groups excluding carboxylic acids is 1. The van der Waals surface area contributed by atoms with Gasteiger partial charge in [-0.05, 0) is 48.2 Å². The highest BCUT2D eigenvalue weighted by Gasteiger charge is 2.17. The van der Waals surface area contributed by atoms with Crippen LogP contribution in [0.5, 0.6) is 0 Å². The van der Waals surface area contributed by atoms with Crippen molar-refractivity contribution in [1.29, 1.82) is 0 Å². The molecule has 0 fully saturated rings. The van der Waals surface area contributed by atoms with Gasteiger partial charge in [-0.3, -0.25) is 4.79 Å². The van der Waals surface area contributed by atoms with Crippen molar-refractivity contribution in [3.8, 4) is 0 Å². The molecule has 7 heteroatoms. The lowest BCUT2D eigenvalue weighted by Crippen LogP contribution is -2.24. The number of nitrogens with one attached hydrogen (secondary N) is 1. The van der Waals surface area contributed by atoms with Gasteiger partial charge in [0.2, 0.25) is 15.9 Å². The van der Waals surface area contributed by atoms with E-state index in [9.17, 15) is 13.2 Å². The van der Waals surface area contributed by atoms with Gasteiger partial charge in [0.25, 0.3) is 0 Å². The Bertz CT molecular complexity index is 853. The summed E-state index contributed by atoms with van der Waals surface area (Å²) in [5.41, 5.74) is 2.19. The predicted octanol–water partition coefficient (Wildman–Crippen LogP) is 3.45. The van der Waals surface area contributed by atoms with Gasteiger partial charge in [0, 0.05) is 16.1 Å². The first-order valence-electron chi connectivity index (χ1n) is 7.91. The molecule has 5 nitrogen and oxygen atoms in total. The molecule has 1 unspecified atom stereocenters. The zero-order valence-electron chi connectivity index (χ0n) is 13.9. The van der Waals surface area contributed by atoms with E-state index < -0.39 is 10.0 Å². The fourth-order valence-corrected chi connectivity index (χ4v) is 3.68.